The number of hydrogen-bond acceptors (Lipinski definition) is 7. The Morgan fingerprint density at radius 1 is 1.24 bits per heavy atom. The van der Waals surface area contributed by atoms with E-state index in [0.29, 0.717) is 52.6 Å². The highest BCUT2D eigenvalue weighted by atomic mass is 28.3. The van der Waals surface area contributed by atoms with E-state index in [9.17, 15) is 13.6 Å². The van der Waals surface area contributed by atoms with Crippen molar-refractivity contribution in [2.75, 3.05) is 19.7 Å². The predicted molar refractivity (Wildman–Crippen MR) is 161 cm³/mol. The molecule has 42 heavy (non-hydrogen) atoms. The summed E-state index contributed by atoms with van der Waals surface area (Å²) in [6, 6.07) is 5.82. The summed E-state index contributed by atoms with van der Waals surface area (Å²) < 4.78 is 40.4. The van der Waals surface area contributed by atoms with Crippen molar-refractivity contribution < 1.29 is 23.0 Å². The molecule has 1 aromatic carbocycles. The number of ether oxygens (including phenoxy) is 2. The summed E-state index contributed by atoms with van der Waals surface area (Å²) >= 11 is 0. The summed E-state index contributed by atoms with van der Waals surface area (Å²) in [7, 11) is -1.27. The monoisotopic (exact) mass is 599 g/mol. The maximum Gasteiger partial charge on any atom is 0.387 e. The lowest BCUT2D eigenvalue weighted by atomic mass is 10.0. The summed E-state index contributed by atoms with van der Waals surface area (Å²) in [4.78, 5) is 23.0. The first-order valence-corrected chi connectivity index (χ1v) is 17.9. The third-order valence-electron chi connectivity index (χ3n) is 7.01. The normalized spacial score (nSPS) is 14.6. The summed E-state index contributed by atoms with van der Waals surface area (Å²) in [6.07, 6.45) is 3.32. The molecular formula is C29H39F2N7O3Si. The minimum Gasteiger partial charge on any atom is -0.435 e. The number of carbonyl (C=O) groups excluding carboxylic acids is 1. The molecule has 13 heteroatoms. The van der Waals surface area contributed by atoms with Crippen LogP contribution in [0.25, 0.3) is 33.5 Å². The van der Waals surface area contributed by atoms with Crippen LogP contribution in [0.3, 0.4) is 0 Å². The number of amides is 1. The summed E-state index contributed by atoms with van der Waals surface area (Å²) in [5, 5.41) is 11.7. The maximum atomic E-state index is 13.4. The van der Waals surface area contributed by atoms with Crippen molar-refractivity contribution in [2.24, 2.45) is 5.92 Å². The molecule has 0 spiro atoms. The minimum absolute atomic E-state index is 0.0320. The lowest BCUT2D eigenvalue weighted by Crippen LogP contribution is -2.44. The molecule has 1 fully saturated rings. The SMILES string of the molecule is CC(C)(C)NC(=O)c1cn(COCC[Si](C)(C)C)c2ncc(-c3nn(CC4CNC4)c4ccc(OC(F)F)cc34)nc12. The van der Waals surface area contributed by atoms with E-state index in [4.69, 9.17) is 19.8 Å². The van der Waals surface area contributed by atoms with E-state index in [1.165, 1.54) is 6.07 Å². The smallest absolute Gasteiger partial charge is 0.387 e. The number of aromatic nitrogens is 5. The Bertz CT molecular complexity index is 1590. The molecule has 1 aliphatic heterocycles. The van der Waals surface area contributed by atoms with Gasteiger partial charge in [0.1, 0.15) is 29.4 Å². The molecule has 4 heterocycles. The fourth-order valence-electron chi connectivity index (χ4n) is 4.76. The topological polar surface area (TPSA) is 108 Å². The van der Waals surface area contributed by atoms with Crippen molar-refractivity contribution in [3.63, 3.8) is 0 Å². The van der Waals surface area contributed by atoms with Crippen LogP contribution < -0.4 is 15.4 Å². The number of halogens is 2. The van der Waals surface area contributed by atoms with Crippen LogP contribution >= 0.6 is 0 Å². The van der Waals surface area contributed by atoms with Crippen LogP contribution in [0.2, 0.25) is 25.7 Å². The Morgan fingerprint density at radius 2 is 2.00 bits per heavy atom. The van der Waals surface area contributed by atoms with Crippen molar-refractivity contribution >= 4 is 36.0 Å². The van der Waals surface area contributed by atoms with Gasteiger partial charge in [0.05, 0.1) is 17.3 Å². The third kappa shape index (κ3) is 6.96. The van der Waals surface area contributed by atoms with Crippen LogP contribution in [0.4, 0.5) is 8.78 Å². The van der Waals surface area contributed by atoms with Gasteiger partial charge in [0.2, 0.25) is 0 Å². The van der Waals surface area contributed by atoms with Crippen molar-refractivity contribution in [3.8, 4) is 17.1 Å². The molecule has 2 N–H and O–H groups in total. The molecule has 3 aromatic heterocycles. The Hall–Kier alpha value is -3.42. The zero-order chi connectivity index (χ0) is 30.2. The second-order valence-corrected chi connectivity index (χ2v) is 18.7. The van der Waals surface area contributed by atoms with Gasteiger partial charge < -0.3 is 24.7 Å². The second-order valence-electron chi connectivity index (χ2n) is 13.1. The molecule has 5 rings (SSSR count). The molecule has 0 radical (unpaired) electrons. The number of nitrogens with zero attached hydrogens (tertiary/aromatic N) is 5. The highest BCUT2D eigenvalue weighted by Gasteiger charge is 2.25. The van der Waals surface area contributed by atoms with Gasteiger partial charge in [0, 0.05) is 57.4 Å². The molecule has 1 aliphatic rings. The standard InChI is InChI=1S/C29H39F2N7O3Si/c1-29(2,3)35-27(39)21-16-37(17-40-9-10-42(4,5)6)26-25(21)34-22(14-33-26)24-20-11-19(41-28(30)31)7-8-23(20)38(36-24)15-18-12-32-13-18/h7-8,11,14,16,18,28,32H,9-10,12-13,15,17H2,1-6H3,(H,35,39). The molecule has 226 valence electrons. The molecule has 0 unspecified atom stereocenters. The molecule has 0 atom stereocenters. The molecular weight excluding hydrogens is 560 g/mol. The maximum absolute atomic E-state index is 13.4. The third-order valence-corrected chi connectivity index (χ3v) is 8.72. The Morgan fingerprint density at radius 3 is 2.64 bits per heavy atom. The van der Waals surface area contributed by atoms with E-state index < -0.39 is 20.2 Å². The van der Waals surface area contributed by atoms with Gasteiger partial charge in [-0.2, -0.15) is 13.9 Å². The number of rotatable bonds is 11. The molecule has 10 nitrogen and oxygen atoms in total. The van der Waals surface area contributed by atoms with Gasteiger partial charge in [-0.1, -0.05) is 19.6 Å². The molecule has 4 aromatic rings. The van der Waals surface area contributed by atoms with Crippen LogP contribution in [0.5, 0.6) is 5.75 Å². The highest BCUT2D eigenvalue weighted by Crippen LogP contribution is 2.32. The average Bonchev–Trinajstić information content (AvgIpc) is 3.40. The molecule has 1 amide bonds. The first-order chi connectivity index (χ1) is 19.8. The van der Waals surface area contributed by atoms with Crippen molar-refractivity contribution in [1.82, 2.24) is 34.9 Å². The molecule has 0 saturated carbocycles. The molecule has 0 aliphatic carbocycles. The average molecular weight is 600 g/mol. The van der Waals surface area contributed by atoms with Gasteiger partial charge in [-0.25, -0.2) is 9.97 Å². The second kappa shape index (κ2) is 11.7. The quantitative estimate of drug-likeness (QED) is 0.182. The van der Waals surface area contributed by atoms with Gasteiger partial charge >= 0.3 is 6.61 Å². The summed E-state index contributed by atoms with van der Waals surface area (Å²) in [6.45, 7) is 13.0. The molecule has 0 bridgehead atoms. The first kappa shape index (κ1) is 30.0. The van der Waals surface area contributed by atoms with Crippen molar-refractivity contribution in [3.05, 3.63) is 36.2 Å². The van der Waals surface area contributed by atoms with Gasteiger partial charge in [-0.15, -0.1) is 0 Å². The number of benzene rings is 1. The van der Waals surface area contributed by atoms with E-state index >= 15 is 0 Å². The predicted octanol–water partition coefficient (Wildman–Crippen LogP) is 5.11. The summed E-state index contributed by atoms with van der Waals surface area (Å²) in [5.41, 5.74) is 2.51. The lowest BCUT2D eigenvalue weighted by Gasteiger charge is -2.27. The minimum atomic E-state index is -2.95. The number of carbonyl (C=O) groups is 1. The largest absolute Gasteiger partial charge is 0.435 e. The van der Waals surface area contributed by atoms with Crippen LogP contribution in [0.1, 0.15) is 31.1 Å². The fraction of sp³-hybridized carbons (Fsp3) is 0.517. The Labute approximate surface area is 244 Å². The van der Waals surface area contributed by atoms with Crippen LogP contribution in [-0.2, 0) is 18.0 Å². The van der Waals surface area contributed by atoms with Crippen LogP contribution in [0, 0.1) is 5.92 Å². The zero-order valence-electron chi connectivity index (χ0n) is 25.0. The number of nitrogens with one attached hydrogen (secondary N) is 2. The van der Waals surface area contributed by atoms with Gasteiger partial charge in [0.25, 0.3) is 5.91 Å². The molecule has 1 saturated heterocycles. The van der Waals surface area contributed by atoms with E-state index in [-0.39, 0.29) is 18.4 Å². The number of hydrogen-bond donors (Lipinski definition) is 2. The van der Waals surface area contributed by atoms with Crippen LogP contribution in [-0.4, -0.2) is 70.1 Å². The lowest BCUT2D eigenvalue weighted by molar-refractivity contribution is -0.0497. The van der Waals surface area contributed by atoms with E-state index in [1.807, 2.05) is 25.5 Å². The fourth-order valence-corrected chi connectivity index (χ4v) is 5.52. The Kier molecular flexibility index (Phi) is 8.36. The first-order valence-electron chi connectivity index (χ1n) is 14.2. The summed E-state index contributed by atoms with van der Waals surface area (Å²) in [5.74, 6) is 0.166. The van der Waals surface area contributed by atoms with E-state index in [1.54, 1.807) is 29.1 Å². The highest BCUT2D eigenvalue weighted by molar-refractivity contribution is 6.76. The van der Waals surface area contributed by atoms with Gasteiger partial charge in [-0.3, -0.25) is 9.48 Å². The van der Waals surface area contributed by atoms with Gasteiger partial charge in [-0.05, 0) is 45.0 Å². The zero-order valence-corrected chi connectivity index (χ0v) is 26.0. The van der Waals surface area contributed by atoms with Crippen LogP contribution in [0.15, 0.2) is 30.6 Å². The van der Waals surface area contributed by atoms with Gasteiger partial charge in [0.15, 0.2) is 5.65 Å². The number of fused-ring (bicyclic) bond motifs is 2. The number of alkyl halides is 2. The van der Waals surface area contributed by atoms with E-state index in [0.717, 1.165) is 24.7 Å². The van der Waals surface area contributed by atoms with E-state index in [2.05, 4.69) is 35.0 Å². The van der Waals surface area contributed by atoms with Crippen molar-refractivity contribution in [1.29, 1.82) is 0 Å². The Balaban J connectivity index is 1.57. The van der Waals surface area contributed by atoms with Crippen molar-refractivity contribution in [2.45, 2.75) is 71.9 Å².